The maximum Gasteiger partial charge on any atom is 0.416 e. The van der Waals surface area contributed by atoms with Gasteiger partial charge in [-0.25, -0.2) is 4.79 Å². The van der Waals surface area contributed by atoms with Crippen molar-refractivity contribution in [2.45, 2.75) is 70.7 Å². The number of ether oxygens (including phenoxy) is 1. The number of piperazine rings is 1. The number of rotatable bonds is 5. The number of fused-ring (bicyclic) bond motifs is 1. The third-order valence-electron chi connectivity index (χ3n) is 7.90. The topological polar surface area (TPSA) is 70.9 Å². The smallest absolute Gasteiger partial charge is 0.416 e. The summed E-state index contributed by atoms with van der Waals surface area (Å²) in [5.41, 5.74) is -2.88. The first-order chi connectivity index (χ1) is 19.2. The van der Waals surface area contributed by atoms with E-state index in [1.54, 1.807) is 10.7 Å². The monoisotopic (exact) mass is 589 g/mol. The molecule has 8 nitrogen and oxygen atoms in total. The fraction of sp³-hybridized carbons (Fsp3) is 0.593. The van der Waals surface area contributed by atoms with E-state index in [9.17, 15) is 35.9 Å². The summed E-state index contributed by atoms with van der Waals surface area (Å²) in [4.78, 5) is 31.8. The average molecular weight is 590 g/mol. The number of carbonyl (C=O) groups excluding carboxylic acids is 2. The number of carbonyl (C=O) groups is 2. The molecule has 0 bridgehead atoms. The molecule has 4 rings (SSSR count). The van der Waals surface area contributed by atoms with Crippen molar-refractivity contribution in [1.82, 2.24) is 24.5 Å². The lowest BCUT2D eigenvalue weighted by Crippen LogP contribution is -2.62. The molecule has 0 radical (unpaired) electrons. The highest BCUT2D eigenvalue weighted by atomic mass is 19.4. The molecule has 0 aliphatic carbocycles. The van der Waals surface area contributed by atoms with Gasteiger partial charge in [0.2, 0.25) is 0 Å². The Kier molecular flexibility index (Phi) is 8.63. The number of benzene rings is 1. The lowest BCUT2D eigenvalue weighted by atomic mass is 9.87. The molecule has 3 heterocycles. The van der Waals surface area contributed by atoms with E-state index >= 15 is 0 Å². The summed E-state index contributed by atoms with van der Waals surface area (Å²) in [6.45, 7) is 6.04. The molecular formula is C27H33F6N5O3. The average Bonchev–Trinajstić information content (AvgIpc) is 3.21. The molecule has 1 saturated heterocycles. The lowest BCUT2D eigenvalue weighted by molar-refractivity contribution is -0.143. The minimum Gasteiger partial charge on any atom is -0.445 e. The van der Waals surface area contributed by atoms with Crippen LogP contribution < -0.4 is 0 Å². The van der Waals surface area contributed by atoms with Crippen LogP contribution in [0.3, 0.4) is 0 Å². The molecule has 2 amide bonds. The van der Waals surface area contributed by atoms with Crippen LogP contribution in [-0.4, -0.2) is 75.2 Å². The van der Waals surface area contributed by atoms with E-state index in [4.69, 9.17) is 4.74 Å². The van der Waals surface area contributed by atoms with E-state index in [-0.39, 0.29) is 36.3 Å². The third-order valence-corrected chi connectivity index (χ3v) is 7.90. The Hall–Kier alpha value is -3.29. The molecule has 2 aliphatic heterocycles. The Morgan fingerprint density at radius 3 is 2.15 bits per heavy atom. The summed E-state index contributed by atoms with van der Waals surface area (Å²) >= 11 is 0. The minimum absolute atomic E-state index is 0.0188. The molecule has 41 heavy (non-hydrogen) atoms. The third kappa shape index (κ3) is 6.62. The molecule has 2 aliphatic rings. The van der Waals surface area contributed by atoms with Gasteiger partial charge in [-0.2, -0.15) is 31.4 Å². The van der Waals surface area contributed by atoms with Crippen LogP contribution in [0.4, 0.5) is 31.1 Å². The summed E-state index contributed by atoms with van der Waals surface area (Å²) in [5, 5.41) is 4.51. The summed E-state index contributed by atoms with van der Waals surface area (Å²) in [5.74, 6) is -0.193. The molecule has 0 unspecified atom stereocenters. The first-order valence-electron chi connectivity index (χ1n) is 13.4. The van der Waals surface area contributed by atoms with Crippen LogP contribution in [0.25, 0.3) is 0 Å². The van der Waals surface area contributed by atoms with Gasteiger partial charge in [0.05, 0.1) is 28.9 Å². The van der Waals surface area contributed by atoms with Crippen LogP contribution in [0, 0.1) is 0 Å². The zero-order valence-electron chi connectivity index (χ0n) is 23.1. The van der Waals surface area contributed by atoms with Crippen LogP contribution in [0.2, 0.25) is 0 Å². The number of aromatic nitrogens is 2. The highest BCUT2D eigenvalue weighted by Gasteiger charge is 2.42. The van der Waals surface area contributed by atoms with E-state index < -0.39 is 41.7 Å². The fourth-order valence-corrected chi connectivity index (χ4v) is 5.55. The molecule has 14 heteroatoms. The van der Waals surface area contributed by atoms with Gasteiger partial charge in [0.1, 0.15) is 6.61 Å². The zero-order valence-corrected chi connectivity index (χ0v) is 23.1. The molecule has 0 spiro atoms. The zero-order chi connectivity index (χ0) is 30.2. The molecule has 2 aromatic rings. The Bertz CT molecular complexity index is 1240. The Labute approximate surface area is 233 Å². The summed E-state index contributed by atoms with van der Waals surface area (Å²) in [7, 11) is 2.02. The summed E-state index contributed by atoms with van der Waals surface area (Å²) in [6, 6.07) is 2.71. The second-order valence-corrected chi connectivity index (χ2v) is 10.6. The predicted octanol–water partition coefficient (Wildman–Crippen LogP) is 5.41. The van der Waals surface area contributed by atoms with Crippen LogP contribution in [0.1, 0.15) is 66.0 Å². The van der Waals surface area contributed by atoms with E-state index in [0.29, 0.717) is 37.3 Å². The van der Waals surface area contributed by atoms with Crippen LogP contribution >= 0.6 is 0 Å². The molecule has 0 N–H and O–H groups in total. The van der Waals surface area contributed by atoms with Crippen molar-refractivity contribution in [2.24, 2.45) is 0 Å². The van der Waals surface area contributed by atoms with E-state index in [0.717, 1.165) is 25.9 Å². The maximum absolute atomic E-state index is 13.6. The van der Waals surface area contributed by atoms with Gasteiger partial charge in [-0.05, 0) is 56.1 Å². The van der Waals surface area contributed by atoms with Crippen LogP contribution in [-0.2, 0) is 36.8 Å². The molecule has 1 aromatic carbocycles. The van der Waals surface area contributed by atoms with E-state index in [2.05, 4.69) is 23.8 Å². The predicted molar refractivity (Wildman–Crippen MR) is 136 cm³/mol. The second kappa shape index (κ2) is 11.5. The van der Waals surface area contributed by atoms with Gasteiger partial charge in [0, 0.05) is 32.7 Å². The van der Waals surface area contributed by atoms with Gasteiger partial charge in [0.15, 0.2) is 5.69 Å². The van der Waals surface area contributed by atoms with Crippen molar-refractivity contribution in [3.63, 3.8) is 0 Å². The fourth-order valence-electron chi connectivity index (χ4n) is 5.55. The maximum atomic E-state index is 13.6. The quantitative estimate of drug-likeness (QED) is 0.437. The molecular weight excluding hydrogens is 556 g/mol. The highest BCUT2D eigenvalue weighted by Crippen LogP contribution is 2.36. The largest absolute Gasteiger partial charge is 0.445 e. The van der Waals surface area contributed by atoms with Crippen LogP contribution in [0.15, 0.2) is 24.3 Å². The Morgan fingerprint density at radius 1 is 0.927 bits per heavy atom. The van der Waals surface area contributed by atoms with Crippen molar-refractivity contribution >= 4 is 12.0 Å². The summed E-state index contributed by atoms with van der Waals surface area (Å²) in [6.07, 6.45) is -8.88. The number of likely N-dealkylation sites (N-methyl/N-ethyl adjacent to an activating group) is 1. The summed E-state index contributed by atoms with van der Waals surface area (Å²) < 4.78 is 85.8. The van der Waals surface area contributed by atoms with Crippen molar-refractivity contribution < 1.29 is 40.7 Å². The second-order valence-electron chi connectivity index (χ2n) is 10.6. The number of hydrogen-bond donors (Lipinski definition) is 0. The first-order valence-corrected chi connectivity index (χ1v) is 13.4. The van der Waals surface area contributed by atoms with E-state index in [1.807, 2.05) is 11.9 Å². The number of nitrogens with zero attached hydrogens (tertiary/aromatic N) is 5. The van der Waals surface area contributed by atoms with Crippen LogP contribution in [0.5, 0.6) is 0 Å². The Morgan fingerprint density at radius 2 is 1.56 bits per heavy atom. The van der Waals surface area contributed by atoms with Gasteiger partial charge >= 0.3 is 18.4 Å². The first kappa shape index (κ1) is 30.7. The molecule has 226 valence electrons. The van der Waals surface area contributed by atoms with Crippen molar-refractivity contribution in [2.75, 3.05) is 33.2 Å². The SMILES string of the molecule is CCC1(CC)CN(C)CCN1C(=O)c1cc2n(n1)CCCN(C(=O)OCc1cc(C(F)(F)F)cc(C(F)(F)F)c1)C2. The number of halogens is 6. The van der Waals surface area contributed by atoms with Crippen molar-refractivity contribution in [1.29, 1.82) is 0 Å². The number of aryl methyl sites for hydroxylation is 1. The molecule has 1 fully saturated rings. The van der Waals surface area contributed by atoms with E-state index in [1.165, 1.54) is 4.90 Å². The Balaban J connectivity index is 1.48. The number of hydrogen-bond acceptors (Lipinski definition) is 5. The standard InChI is InChI=1S/C27H33F6N5O3/c1-4-25(5-2)17-35(3)9-10-37(25)23(39)22-14-21-15-36(7-6-8-38(21)34-22)24(40)41-16-18-11-19(26(28,29)30)13-20(12-18)27(31,32)33/h11-14H,4-10,15-17H2,1-3H3. The molecule has 0 saturated carbocycles. The molecule has 1 aromatic heterocycles. The normalized spacial score (nSPS) is 18.2. The number of alkyl halides is 6. The van der Waals surface area contributed by atoms with Gasteiger partial charge in [-0.3, -0.25) is 9.48 Å². The number of amides is 2. The highest BCUT2D eigenvalue weighted by molar-refractivity contribution is 5.93. The van der Waals surface area contributed by atoms with Crippen molar-refractivity contribution in [3.8, 4) is 0 Å². The van der Waals surface area contributed by atoms with Crippen molar-refractivity contribution in [3.05, 3.63) is 52.3 Å². The minimum atomic E-state index is -5.00. The van der Waals surface area contributed by atoms with Gasteiger partial charge < -0.3 is 19.4 Å². The lowest BCUT2D eigenvalue weighted by Gasteiger charge is -2.49. The van der Waals surface area contributed by atoms with Gasteiger partial charge in [-0.1, -0.05) is 13.8 Å². The molecule has 0 atom stereocenters. The van der Waals surface area contributed by atoms with Gasteiger partial charge in [0.25, 0.3) is 5.91 Å². The van der Waals surface area contributed by atoms with Gasteiger partial charge in [-0.15, -0.1) is 0 Å².